The van der Waals surface area contributed by atoms with E-state index >= 15 is 0 Å². The van der Waals surface area contributed by atoms with E-state index in [-0.39, 0.29) is 16.3 Å². The second-order valence-corrected chi connectivity index (χ2v) is 5.93. The molecule has 1 aliphatic rings. The third kappa shape index (κ3) is 3.97. The summed E-state index contributed by atoms with van der Waals surface area (Å²) in [6.45, 7) is 0. The molecule has 1 aliphatic carbocycles. The minimum Gasteiger partial charge on any atom is -0.367 e. The SMILES string of the molecule is O=C(Nc1ccc(Cl)cc1C(F)(F)F)c1ccnc(NC2CC2)c1. The van der Waals surface area contributed by atoms with Crippen LogP contribution in [0.4, 0.5) is 24.7 Å². The zero-order chi connectivity index (χ0) is 17.3. The Hall–Kier alpha value is -2.28. The van der Waals surface area contributed by atoms with E-state index in [4.69, 9.17) is 11.6 Å². The lowest BCUT2D eigenvalue weighted by atomic mass is 10.1. The van der Waals surface area contributed by atoms with E-state index in [2.05, 4.69) is 15.6 Å². The molecule has 1 fully saturated rings. The van der Waals surface area contributed by atoms with Gasteiger partial charge in [0.05, 0.1) is 11.3 Å². The molecular weight excluding hydrogens is 343 g/mol. The molecule has 1 amide bonds. The zero-order valence-corrected chi connectivity index (χ0v) is 13.1. The molecule has 1 saturated carbocycles. The van der Waals surface area contributed by atoms with E-state index in [1.165, 1.54) is 24.4 Å². The van der Waals surface area contributed by atoms with Gasteiger partial charge in [-0.2, -0.15) is 13.2 Å². The van der Waals surface area contributed by atoms with Gasteiger partial charge in [-0.15, -0.1) is 0 Å². The zero-order valence-electron chi connectivity index (χ0n) is 12.3. The van der Waals surface area contributed by atoms with E-state index in [9.17, 15) is 18.0 Å². The maximum absolute atomic E-state index is 13.1. The number of hydrogen-bond acceptors (Lipinski definition) is 3. The fraction of sp³-hybridized carbons (Fsp3) is 0.250. The molecule has 4 nitrogen and oxygen atoms in total. The molecule has 1 aromatic heterocycles. The molecule has 0 spiro atoms. The van der Waals surface area contributed by atoms with Gasteiger partial charge in [0.2, 0.25) is 0 Å². The second-order valence-electron chi connectivity index (χ2n) is 5.49. The molecule has 0 atom stereocenters. The molecule has 0 unspecified atom stereocenters. The van der Waals surface area contributed by atoms with Gasteiger partial charge < -0.3 is 10.6 Å². The number of benzene rings is 1. The molecule has 0 bridgehead atoms. The summed E-state index contributed by atoms with van der Waals surface area (Å²) in [7, 11) is 0. The summed E-state index contributed by atoms with van der Waals surface area (Å²) in [5.41, 5.74) is -1.12. The van der Waals surface area contributed by atoms with Crippen LogP contribution in [-0.2, 0) is 6.18 Å². The highest BCUT2D eigenvalue weighted by Crippen LogP contribution is 2.36. The van der Waals surface area contributed by atoms with Crippen molar-refractivity contribution in [2.24, 2.45) is 0 Å². The fourth-order valence-corrected chi connectivity index (χ4v) is 2.31. The monoisotopic (exact) mass is 355 g/mol. The topological polar surface area (TPSA) is 54.0 Å². The Kier molecular flexibility index (Phi) is 4.36. The predicted molar refractivity (Wildman–Crippen MR) is 85.3 cm³/mol. The van der Waals surface area contributed by atoms with Gasteiger partial charge in [0.25, 0.3) is 5.91 Å². The van der Waals surface area contributed by atoms with Crippen LogP contribution >= 0.6 is 11.6 Å². The summed E-state index contributed by atoms with van der Waals surface area (Å²) in [4.78, 5) is 16.4. The number of carbonyl (C=O) groups is 1. The van der Waals surface area contributed by atoms with Crippen LogP contribution in [-0.4, -0.2) is 16.9 Å². The maximum atomic E-state index is 13.1. The lowest BCUT2D eigenvalue weighted by Gasteiger charge is -2.14. The first kappa shape index (κ1) is 16.6. The molecular formula is C16H13ClF3N3O. The number of alkyl halides is 3. The van der Waals surface area contributed by atoms with Crippen molar-refractivity contribution in [3.63, 3.8) is 0 Å². The summed E-state index contributed by atoms with van der Waals surface area (Å²) in [6.07, 6.45) is -1.10. The standard InChI is InChI=1S/C16H13ClF3N3O/c17-10-1-4-13(12(8-10)16(18,19)20)23-15(24)9-5-6-21-14(7-9)22-11-2-3-11/h1,4-8,11H,2-3H2,(H,21,22)(H,23,24). The molecule has 1 aromatic carbocycles. The first-order valence-electron chi connectivity index (χ1n) is 7.23. The van der Waals surface area contributed by atoms with E-state index in [1.54, 1.807) is 0 Å². The van der Waals surface area contributed by atoms with Gasteiger partial charge in [-0.05, 0) is 43.2 Å². The van der Waals surface area contributed by atoms with Gasteiger partial charge in [0, 0.05) is 22.8 Å². The van der Waals surface area contributed by atoms with Crippen molar-refractivity contribution >= 4 is 29.0 Å². The lowest BCUT2D eigenvalue weighted by Crippen LogP contribution is -2.17. The molecule has 2 aromatic rings. The van der Waals surface area contributed by atoms with E-state index < -0.39 is 17.6 Å². The summed E-state index contributed by atoms with van der Waals surface area (Å²) in [6, 6.07) is 6.51. The van der Waals surface area contributed by atoms with Crippen LogP contribution in [0.5, 0.6) is 0 Å². The van der Waals surface area contributed by atoms with Gasteiger partial charge in [-0.3, -0.25) is 4.79 Å². The molecule has 1 heterocycles. The predicted octanol–water partition coefficient (Wildman–Crippen LogP) is 4.58. The molecule has 3 rings (SSSR count). The Morgan fingerprint density at radius 3 is 2.62 bits per heavy atom. The third-order valence-corrected chi connectivity index (χ3v) is 3.72. The number of anilines is 2. The van der Waals surface area contributed by atoms with Crippen molar-refractivity contribution in [3.05, 3.63) is 52.7 Å². The van der Waals surface area contributed by atoms with Gasteiger partial charge in [-0.1, -0.05) is 11.6 Å². The smallest absolute Gasteiger partial charge is 0.367 e. The molecule has 0 aliphatic heterocycles. The van der Waals surface area contributed by atoms with Crippen molar-refractivity contribution in [2.75, 3.05) is 10.6 Å². The Morgan fingerprint density at radius 2 is 1.96 bits per heavy atom. The summed E-state index contributed by atoms with van der Waals surface area (Å²) < 4.78 is 39.2. The van der Waals surface area contributed by atoms with Crippen LogP contribution in [0.3, 0.4) is 0 Å². The van der Waals surface area contributed by atoms with Crippen molar-refractivity contribution in [1.82, 2.24) is 4.98 Å². The van der Waals surface area contributed by atoms with Crippen LogP contribution < -0.4 is 10.6 Å². The number of amides is 1. The van der Waals surface area contributed by atoms with Gasteiger partial charge in [-0.25, -0.2) is 4.98 Å². The Balaban J connectivity index is 1.82. The first-order chi connectivity index (χ1) is 11.3. The van der Waals surface area contributed by atoms with Crippen molar-refractivity contribution in [1.29, 1.82) is 0 Å². The van der Waals surface area contributed by atoms with Gasteiger partial charge in [0.1, 0.15) is 5.82 Å². The normalized spacial score (nSPS) is 14.3. The molecule has 0 saturated heterocycles. The maximum Gasteiger partial charge on any atom is 0.418 e. The van der Waals surface area contributed by atoms with Crippen molar-refractivity contribution < 1.29 is 18.0 Å². The average molecular weight is 356 g/mol. The van der Waals surface area contributed by atoms with Crippen molar-refractivity contribution in [3.8, 4) is 0 Å². The number of nitrogens with zero attached hydrogens (tertiary/aromatic N) is 1. The fourth-order valence-electron chi connectivity index (χ4n) is 2.14. The second kappa shape index (κ2) is 6.32. The van der Waals surface area contributed by atoms with Crippen LogP contribution in [0.25, 0.3) is 0 Å². The summed E-state index contributed by atoms with van der Waals surface area (Å²) >= 11 is 5.62. The quantitative estimate of drug-likeness (QED) is 0.844. The van der Waals surface area contributed by atoms with Crippen LogP contribution in [0, 0.1) is 0 Å². The number of aromatic nitrogens is 1. The molecule has 126 valence electrons. The van der Waals surface area contributed by atoms with Gasteiger partial charge in [0.15, 0.2) is 0 Å². The highest BCUT2D eigenvalue weighted by atomic mass is 35.5. The number of pyridine rings is 1. The molecule has 0 radical (unpaired) electrons. The van der Waals surface area contributed by atoms with Gasteiger partial charge >= 0.3 is 6.18 Å². The third-order valence-electron chi connectivity index (χ3n) is 3.49. The van der Waals surface area contributed by atoms with Crippen LogP contribution in [0.2, 0.25) is 5.02 Å². The number of carbonyl (C=O) groups excluding carboxylic acids is 1. The number of nitrogens with one attached hydrogen (secondary N) is 2. The Labute approximate surface area is 141 Å². The number of hydrogen-bond donors (Lipinski definition) is 2. The Bertz CT molecular complexity index is 775. The summed E-state index contributed by atoms with van der Waals surface area (Å²) in [5.74, 6) is -0.124. The first-order valence-corrected chi connectivity index (χ1v) is 7.61. The largest absolute Gasteiger partial charge is 0.418 e. The van der Waals surface area contributed by atoms with E-state index in [1.807, 2.05) is 0 Å². The van der Waals surface area contributed by atoms with Crippen LogP contribution in [0.1, 0.15) is 28.8 Å². The lowest BCUT2D eigenvalue weighted by molar-refractivity contribution is -0.136. The van der Waals surface area contributed by atoms with E-state index in [0.29, 0.717) is 11.9 Å². The summed E-state index contributed by atoms with van der Waals surface area (Å²) in [5, 5.41) is 5.36. The minimum atomic E-state index is -4.62. The highest BCUT2D eigenvalue weighted by molar-refractivity contribution is 6.30. The Morgan fingerprint density at radius 1 is 1.21 bits per heavy atom. The molecule has 8 heteroatoms. The van der Waals surface area contributed by atoms with Crippen molar-refractivity contribution in [2.45, 2.75) is 25.1 Å². The average Bonchev–Trinajstić information content (AvgIpc) is 3.32. The van der Waals surface area contributed by atoms with Crippen LogP contribution in [0.15, 0.2) is 36.5 Å². The minimum absolute atomic E-state index is 0.0554. The highest BCUT2D eigenvalue weighted by Gasteiger charge is 2.34. The van der Waals surface area contributed by atoms with E-state index in [0.717, 1.165) is 25.0 Å². The number of rotatable bonds is 4. The molecule has 2 N–H and O–H groups in total. The molecule has 24 heavy (non-hydrogen) atoms. The number of halogens is 4.